The van der Waals surface area contributed by atoms with E-state index in [1.165, 1.54) is 24.3 Å². The summed E-state index contributed by atoms with van der Waals surface area (Å²) in [7, 11) is 0. The summed E-state index contributed by atoms with van der Waals surface area (Å²) in [5, 5.41) is 0. The number of rotatable bonds is 1. The summed E-state index contributed by atoms with van der Waals surface area (Å²) in [5.74, 6) is -9.65. The quantitative estimate of drug-likeness (QED) is 0.188. The van der Waals surface area contributed by atoms with Gasteiger partial charge < -0.3 is 30.3 Å². The second-order valence-electron chi connectivity index (χ2n) is 4.08. The van der Waals surface area contributed by atoms with E-state index in [9.17, 15) is 22.0 Å². The first kappa shape index (κ1) is 18.3. The van der Waals surface area contributed by atoms with Crippen LogP contribution in [-0.4, -0.2) is 0 Å². The topological polar surface area (TPSA) is 0 Å². The molecule has 0 aliphatic carbocycles. The van der Waals surface area contributed by atoms with Gasteiger partial charge in [-0.2, -0.15) is 12.1 Å². The van der Waals surface area contributed by atoms with Crippen molar-refractivity contribution in [2.24, 2.45) is 0 Å². The predicted octanol–water partition coefficient (Wildman–Crippen LogP) is 5.17. The molecule has 0 heterocycles. The van der Waals surface area contributed by atoms with E-state index in [2.05, 4.69) is 0 Å². The molecule has 0 aliphatic rings. The first-order valence-electron chi connectivity index (χ1n) is 5.94. The van der Waals surface area contributed by atoms with Crippen LogP contribution < -0.4 is 0 Å². The van der Waals surface area contributed by atoms with Crippen LogP contribution in [0.3, 0.4) is 0 Å². The van der Waals surface area contributed by atoms with E-state index in [4.69, 9.17) is 0 Å². The average Bonchev–Trinajstić information content (AvgIpc) is 3.18. The van der Waals surface area contributed by atoms with Crippen LogP contribution in [0, 0.1) is 29.1 Å². The SMILES string of the molecule is Fc1c(F)c(F)c(-[c-]2cccc2)c(F)c1F.[Ti].[cH-]1[cH-][cH-][cH-][cH-]1. The molecule has 0 bridgehead atoms. The van der Waals surface area contributed by atoms with Crippen molar-refractivity contribution < 1.29 is 43.7 Å². The minimum Gasteiger partial charge on any atom is -0.748 e. The van der Waals surface area contributed by atoms with E-state index in [1.807, 2.05) is 30.3 Å². The number of hydrogen-bond acceptors (Lipinski definition) is 0. The molecular weight excluding hydrogens is 335 g/mol. The van der Waals surface area contributed by atoms with Crippen LogP contribution in [0.25, 0.3) is 11.1 Å². The maximum absolute atomic E-state index is 13.2. The summed E-state index contributed by atoms with van der Waals surface area (Å²) in [6.45, 7) is 0. The summed E-state index contributed by atoms with van der Waals surface area (Å²) >= 11 is 0. The number of halogens is 5. The minimum atomic E-state index is -2.15. The van der Waals surface area contributed by atoms with Crippen LogP contribution in [0.1, 0.15) is 0 Å². The van der Waals surface area contributed by atoms with Crippen molar-refractivity contribution in [3.63, 3.8) is 0 Å². The Morgan fingerprint density at radius 2 is 0.909 bits per heavy atom. The Morgan fingerprint density at radius 3 is 1.27 bits per heavy atom. The molecule has 0 radical (unpaired) electrons. The zero-order chi connectivity index (χ0) is 15.4. The van der Waals surface area contributed by atoms with Crippen molar-refractivity contribution in [3.8, 4) is 11.1 Å². The molecule has 0 saturated carbocycles. The third-order valence-electron chi connectivity index (χ3n) is 2.72. The first-order valence-corrected chi connectivity index (χ1v) is 5.94. The Morgan fingerprint density at radius 1 is 0.591 bits per heavy atom. The average molecular weight is 344 g/mol. The molecule has 0 nitrogen and oxygen atoms in total. The Kier molecular flexibility index (Phi) is 6.72. The van der Waals surface area contributed by atoms with Crippen LogP contribution >= 0.6 is 0 Å². The molecule has 0 spiro atoms. The van der Waals surface area contributed by atoms with Crippen molar-refractivity contribution >= 4 is 0 Å². The molecule has 6 heteroatoms. The molecule has 0 saturated heterocycles. The normalized spacial score (nSPS) is 9.68. The van der Waals surface area contributed by atoms with Gasteiger partial charge in [-0.1, -0.05) is 5.56 Å². The van der Waals surface area contributed by atoms with Crippen LogP contribution in [0.4, 0.5) is 22.0 Å². The Labute approximate surface area is 138 Å². The summed E-state index contributed by atoms with van der Waals surface area (Å²) in [6.07, 6.45) is 0. The van der Waals surface area contributed by atoms with Gasteiger partial charge in [-0.05, 0) is 5.56 Å². The summed E-state index contributed by atoms with van der Waals surface area (Å²) in [5.41, 5.74) is -0.950. The zero-order valence-electron chi connectivity index (χ0n) is 11.1. The molecule has 0 aliphatic heterocycles. The van der Waals surface area contributed by atoms with E-state index in [1.54, 1.807) is 0 Å². The van der Waals surface area contributed by atoms with Gasteiger partial charge in [0.25, 0.3) is 0 Å². The monoisotopic (exact) mass is 344 g/mol. The fourth-order valence-electron chi connectivity index (χ4n) is 1.72. The van der Waals surface area contributed by atoms with Crippen molar-refractivity contribution in [1.29, 1.82) is 0 Å². The van der Waals surface area contributed by atoms with Crippen LogP contribution in [0.2, 0.25) is 0 Å². The fourth-order valence-corrected chi connectivity index (χ4v) is 1.72. The molecule has 3 aromatic rings. The molecule has 118 valence electrons. The van der Waals surface area contributed by atoms with Crippen LogP contribution in [0.15, 0.2) is 54.6 Å². The standard InChI is InChI=1S/C11H4F5.C5H5.Ti/c12-7-6(5-3-1-2-4-5)8(13)10(15)11(16)9(7)14;1-2-4-5-3-1;/h1-4H;1-5H;/q-1;-5;. The Balaban J connectivity index is 0.000000344. The minimum absolute atomic E-state index is 0. The third kappa shape index (κ3) is 3.73. The van der Waals surface area contributed by atoms with Crippen molar-refractivity contribution in [3.05, 3.63) is 83.7 Å². The maximum Gasteiger partial charge on any atom is 0.185 e. The molecule has 0 atom stereocenters. The van der Waals surface area contributed by atoms with Gasteiger partial charge in [0.05, 0.1) is 0 Å². The van der Waals surface area contributed by atoms with Gasteiger partial charge in [0, 0.05) is 21.7 Å². The first-order chi connectivity index (χ1) is 10.0. The number of hydrogen-bond donors (Lipinski definition) is 0. The van der Waals surface area contributed by atoms with Gasteiger partial charge >= 0.3 is 0 Å². The molecule has 0 amide bonds. The smallest absolute Gasteiger partial charge is 0.185 e. The Bertz CT molecular complexity index is 656. The van der Waals surface area contributed by atoms with E-state index >= 15 is 0 Å². The van der Waals surface area contributed by atoms with Crippen LogP contribution in [0.5, 0.6) is 0 Å². The molecule has 3 aromatic carbocycles. The van der Waals surface area contributed by atoms with E-state index in [0.29, 0.717) is 0 Å². The zero-order valence-corrected chi connectivity index (χ0v) is 12.6. The summed E-state index contributed by atoms with van der Waals surface area (Å²) < 4.78 is 64.9. The van der Waals surface area contributed by atoms with E-state index < -0.39 is 34.6 Å². The third-order valence-corrected chi connectivity index (χ3v) is 2.72. The largest absolute Gasteiger partial charge is 0.748 e. The van der Waals surface area contributed by atoms with Gasteiger partial charge in [-0.15, -0.1) is 12.1 Å². The second kappa shape index (κ2) is 8.06. The fraction of sp³-hybridized carbons (Fsp3) is 0. The summed E-state index contributed by atoms with van der Waals surface area (Å²) in [6, 6.07) is 15.4. The Hall–Kier alpha value is -1.72. The van der Waals surface area contributed by atoms with Gasteiger partial charge in [0.2, 0.25) is 0 Å². The van der Waals surface area contributed by atoms with Gasteiger partial charge in [0.15, 0.2) is 17.5 Å². The van der Waals surface area contributed by atoms with Crippen molar-refractivity contribution in [2.45, 2.75) is 0 Å². The van der Waals surface area contributed by atoms with Gasteiger partial charge in [-0.25, -0.2) is 22.0 Å². The molecule has 0 unspecified atom stereocenters. The van der Waals surface area contributed by atoms with Crippen molar-refractivity contribution in [1.82, 2.24) is 0 Å². The van der Waals surface area contributed by atoms with Gasteiger partial charge in [0.1, 0.15) is 11.6 Å². The van der Waals surface area contributed by atoms with E-state index in [0.717, 1.165) is 0 Å². The van der Waals surface area contributed by atoms with E-state index in [-0.39, 0.29) is 27.3 Å². The van der Waals surface area contributed by atoms with Gasteiger partial charge in [-0.3, -0.25) is 0 Å². The molecule has 3 rings (SSSR count). The number of benzene rings is 1. The molecule has 0 aromatic heterocycles. The second-order valence-corrected chi connectivity index (χ2v) is 4.08. The summed E-state index contributed by atoms with van der Waals surface area (Å²) in [4.78, 5) is 0. The van der Waals surface area contributed by atoms with Crippen LogP contribution in [-0.2, 0) is 21.7 Å². The molecule has 22 heavy (non-hydrogen) atoms. The predicted molar refractivity (Wildman–Crippen MR) is 69.3 cm³/mol. The molecule has 0 N–H and O–H groups in total. The van der Waals surface area contributed by atoms with Crippen molar-refractivity contribution in [2.75, 3.05) is 0 Å². The molecule has 0 fully saturated rings. The molecular formula is C16H9F5Ti-6. The maximum atomic E-state index is 13.2.